The lowest BCUT2D eigenvalue weighted by atomic mass is 9.77. The first-order valence-corrected chi connectivity index (χ1v) is 7.92. The summed E-state index contributed by atoms with van der Waals surface area (Å²) < 4.78 is 0. The van der Waals surface area contributed by atoms with Crippen molar-refractivity contribution in [2.45, 2.75) is 46.5 Å². The van der Waals surface area contributed by atoms with Gasteiger partial charge < -0.3 is 5.32 Å². The Hall–Kier alpha value is -1.97. The molecule has 4 nitrogen and oxygen atoms in total. The molecule has 0 bridgehead atoms. The van der Waals surface area contributed by atoms with E-state index in [1.165, 1.54) is 5.57 Å². The van der Waals surface area contributed by atoms with Gasteiger partial charge in [-0.05, 0) is 43.4 Å². The number of aliphatic imine (C=N–C) groups is 1. The molecule has 22 heavy (non-hydrogen) atoms. The SMILES string of the molecule is CC(C)(C)C(=O)N=C1C=CC2C(=C1)NC(=O)C1=C2CCCC1. The molecule has 0 saturated heterocycles. The highest BCUT2D eigenvalue weighted by Gasteiger charge is 2.33. The van der Waals surface area contributed by atoms with Gasteiger partial charge in [0.05, 0.1) is 5.71 Å². The van der Waals surface area contributed by atoms with Gasteiger partial charge in [-0.15, -0.1) is 0 Å². The molecule has 4 heteroatoms. The number of allylic oxidation sites excluding steroid dienone is 3. The second-order valence-electron chi connectivity index (χ2n) is 7.19. The van der Waals surface area contributed by atoms with Crippen molar-refractivity contribution in [3.05, 3.63) is 35.1 Å². The van der Waals surface area contributed by atoms with E-state index in [-0.39, 0.29) is 17.7 Å². The van der Waals surface area contributed by atoms with E-state index < -0.39 is 5.41 Å². The van der Waals surface area contributed by atoms with Crippen LogP contribution in [0.25, 0.3) is 0 Å². The van der Waals surface area contributed by atoms with E-state index in [1.807, 2.05) is 32.9 Å². The highest BCUT2D eigenvalue weighted by atomic mass is 16.2. The van der Waals surface area contributed by atoms with Gasteiger partial charge in [-0.1, -0.05) is 26.8 Å². The summed E-state index contributed by atoms with van der Waals surface area (Å²) in [5, 5.41) is 2.98. The zero-order valence-electron chi connectivity index (χ0n) is 13.4. The van der Waals surface area contributed by atoms with E-state index in [4.69, 9.17) is 0 Å². The van der Waals surface area contributed by atoms with E-state index in [1.54, 1.807) is 0 Å². The molecule has 3 rings (SSSR count). The Morgan fingerprint density at radius 1 is 1.27 bits per heavy atom. The first kappa shape index (κ1) is 14.9. The molecule has 1 aliphatic heterocycles. The molecule has 0 aromatic heterocycles. The molecule has 0 aromatic carbocycles. The minimum absolute atomic E-state index is 0.0222. The van der Waals surface area contributed by atoms with Crippen molar-refractivity contribution in [3.63, 3.8) is 0 Å². The second kappa shape index (κ2) is 5.34. The summed E-state index contributed by atoms with van der Waals surface area (Å²) in [4.78, 5) is 28.4. The van der Waals surface area contributed by atoms with E-state index in [0.717, 1.165) is 37.0 Å². The third kappa shape index (κ3) is 2.70. The Balaban J connectivity index is 1.92. The summed E-state index contributed by atoms with van der Waals surface area (Å²) in [6, 6.07) is 0. The van der Waals surface area contributed by atoms with Gasteiger partial charge in [0.2, 0.25) is 0 Å². The van der Waals surface area contributed by atoms with Gasteiger partial charge in [0.25, 0.3) is 11.8 Å². The van der Waals surface area contributed by atoms with Crippen molar-refractivity contribution >= 4 is 17.5 Å². The molecule has 0 spiro atoms. The average Bonchev–Trinajstić information content (AvgIpc) is 2.46. The van der Waals surface area contributed by atoms with Gasteiger partial charge in [-0.2, -0.15) is 0 Å². The van der Waals surface area contributed by atoms with Crippen molar-refractivity contribution < 1.29 is 9.59 Å². The molecule has 1 heterocycles. The first-order valence-electron chi connectivity index (χ1n) is 7.92. The average molecular weight is 298 g/mol. The van der Waals surface area contributed by atoms with Crippen molar-refractivity contribution in [1.29, 1.82) is 0 Å². The minimum Gasteiger partial charge on any atom is -0.325 e. The zero-order valence-corrected chi connectivity index (χ0v) is 13.4. The minimum atomic E-state index is -0.495. The summed E-state index contributed by atoms with van der Waals surface area (Å²) in [5.74, 6) is 0.0212. The van der Waals surface area contributed by atoms with E-state index in [0.29, 0.717) is 5.71 Å². The van der Waals surface area contributed by atoms with Crippen LogP contribution in [0, 0.1) is 11.3 Å². The largest absolute Gasteiger partial charge is 0.325 e. The van der Waals surface area contributed by atoms with Crippen LogP contribution >= 0.6 is 0 Å². The van der Waals surface area contributed by atoms with Crippen LogP contribution < -0.4 is 5.32 Å². The van der Waals surface area contributed by atoms with E-state index in [2.05, 4.69) is 16.4 Å². The number of amides is 2. The van der Waals surface area contributed by atoms with Crippen molar-refractivity contribution in [2.24, 2.45) is 16.3 Å². The Morgan fingerprint density at radius 2 is 2.00 bits per heavy atom. The normalized spacial score (nSPS) is 26.3. The number of hydrogen-bond acceptors (Lipinski definition) is 2. The number of nitrogens with one attached hydrogen (secondary N) is 1. The molecule has 0 saturated carbocycles. The predicted octanol–water partition coefficient (Wildman–Crippen LogP) is 3.07. The maximum absolute atomic E-state index is 12.2. The quantitative estimate of drug-likeness (QED) is 0.747. The lowest BCUT2D eigenvalue weighted by molar-refractivity contribution is -0.124. The van der Waals surface area contributed by atoms with Crippen LogP contribution in [0.4, 0.5) is 0 Å². The van der Waals surface area contributed by atoms with Crippen LogP contribution in [0.2, 0.25) is 0 Å². The van der Waals surface area contributed by atoms with Crippen LogP contribution in [0.15, 0.2) is 40.1 Å². The van der Waals surface area contributed by atoms with Crippen molar-refractivity contribution in [2.75, 3.05) is 0 Å². The van der Waals surface area contributed by atoms with Crippen LogP contribution in [0.1, 0.15) is 46.5 Å². The fourth-order valence-electron chi connectivity index (χ4n) is 3.11. The van der Waals surface area contributed by atoms with Gasteiger partial charge in [0.1, 0.15) is 0 Å². The van der Waals surface area contributed by atoms with Gasteiger partial charge in [-0.3, -0.25) is 9.59 Å². The van der Waals surface area contributed by atoms with Gasteiger partial charge in [-0.25, -0.2) is 4.99 Å². The Bertz CT molecular complexity index is 657. The summed E-state index contributed by atoms with van der Waals surface area (Å²) in [6.45, 7) is 5.55. The fourth-order valence-corrected chi connectivity index (χ4v) is 3.11. The molecular weight excluding hydrogens is 276 g/mol. The molecule has 2 amide bonds. The highest BCUT2D eigenvalue weighted by molar-refractivity contribution is 6.12. The summed E-state index contributed by atoms with van der Waals surface area (Å²) in [6.07, 6.45) is 9.90. The van der Waals surface area contributed by atoms with Crippen LogP contribution in [-0.4, -0.2) is 17.5 Å². The maximum Gasteiger partial charge on any atom is 0.251 e. The Kier molecular flexibility index (Phi) is 3.63. The molecule has 1 atom stereocenters. The summed E-state index contributed by atoms with van der Waals surface area (Å²) in [7, 11) is 0. The molecule has 0 aromatic rings. The number of fused-ring (bicyclic) bond motifs is 2. The van der Waals surface area contributed by atoms with Gasteiger partial charge in [0, 0.05) is 22.6 Å². The molecule has 0 radical (unpaired) electrons. The number of nitrogens with zero attached hydrogens (tertiary/aromatic N) is 1. The second-order valence-corrected chi connectivity index (χ2v) is 7.19. The van der Waals surface area contributed by atoms with Crippen molar-refractivity contribution in [1.82, 2.24) is 5.32 Å². The van der Waals surface area contributed by atoms with E-state index >= 15 is 0 Å². The molecular formula is C18H22N2O2. The fraction of sp³-hybridized carbons (Fsp3) is 0.500. The number of carbonyl (C=O) groups excluding carboxylic acids is 2. The number of hydrogen-bond donors (Lipinski definition) is 1. The molecule has 1 N–H and O–H groups in total. The lowest BCUT2D eigenvalue weighted by Gasteiger charge is -2.33. The maximum atomic E-state index is 12.2. The smallest absolute Gasteiger partial charge is 0.251 e. The van der Waals surface area contributed by atoms with E-state index in [9.17, 15) is 9.59 Å². The Morgan fingerprint density at radius 3 is 2.73 bits per heavy atom. The standard InChI is InChI=1S/C18H22N2O2/c1-18(2,3)17(22)19-11-8-9-13-12-6-4-5-7-14(12)16(21)20-15(13)10-11/h8-10,13H,4-7H2,1-3H3,(H,20,21). The third-order valence-corrected chi connectivity index (χ3v) is 4.39. The van der Waals surface area contributed by atoms with Gasteiger partial charge in [0.15, 0.2) is 0 Å². The molecule has 0 fully saturated rings. The first-order chi connectivity index (χ1) is 10.4. The highest BCUT2D eigenvalue weighted by Crippen LogP contribution is 2.38. The van der Waals surface area contributed by atoms with Crippen LogP contribution in [0.3, 0.4) is 0 Å². The van der Waals surface area contributed by atoms with Gasteiger partial charge >= 0.3 is 0 Å². The molecule has 2 aliphatic carbocycles. The lowest BCUT2D eigenvalue weighted by Crippen LogP contribution is -2.37. The molecule has 3 aliphatic rings. The third-order valence-electron chi connectivity index (χ3n) is 4.39. The topological polar surface area (TPSA) is 58.5 Å². The zero-order chi connectivity index (χ0) is 15.9. The summed E-state index contributed by atoms with van der Waals surface area (Å²) >= 11 is 0. The predicted molar refractivity (Wildman–Crippen MR) is 86.2 cm³/mol. The van der Waals surface area contributed by atoms with Crippen LogP contribution in [-0.2, 0) is 9.59 Å². The Labute approximate surface area is 131 Å². The van der Waals surface area contributed by atoms with Crippen molar-refractivity contribution in [3.8, 4) is 0 Å². The number of carbonyl (C=O) groups is 2. The number of rotatable bonds is 0. The molecule has 1 unspecified atom stereocenters. The van der Waals surface area contributed by atoms with Crippen LogP contribution in [0.5, 0.6) is 0 Å². The summed E-state index contributed by atoms with van der Waals surface area (Å²) in [5.41, 5.74) is 3.19. The monoisotopic (exact) mass is 298 g/mol. The molecule has 116 valence electrons.